The van der Waals surface area contributed by atoms with Crippen molar-refractivity contribution in [3.8, 4) is 0 Å². The number of hydrogen-bond acceptors (Lipinski definition) is 2. The first kappa shape index (κ1) is 22.0. The molecule has 162 valence electrons. The second kappa shape index (κ2) is 10.9. The lowest BCUT2D eigenvalue weighted by Gasteiger charge is -2.34. The van der Waals surface area contributed by atoms with Crippen LogP contribution in [0.3, 0.4) is 0 Å². The number of benzene rings is 4. The van der Waals surface area contributed by atoms with Crippen LogP contribution >= 0.6 is 0 Å². The van der Waals surface area contributed by atoms with E-state index in [4.69, 9.17) is 0 Å². The Bertz CT molecular complexity index is 960. The maximum atomic E-state index is 3.94. The van der Waals surface area contributed by atoms with Crippen molar-refractivity contribution >= 4 is 0 Å². The lowest BCUT2D eigenvalue weighted by molar-refractivity contribution is 0.333. The van der Waals surface area contributed by atoms with E-state index < -0.39 is 0 Å². The molecule has 4 aromatic carbocycles. The van der Waals surface area contributed by atoms with Crippen LogP contribution < -0.4 is 10.6 Å². The highest BCUT2D eigenvalue weighted by Gasteiger charge is 2.28. The summed E-state index contributed by atoms with van der Waals surface area (Å²) in [6.07, 6.45) is 0. The van der Waals surface area contributed by atoms with E-state index in [1.54, 1.807) is 0 Å². The molecule has 0 aliphatic heterocycles. The van der Waals surface area contributed by atoms with Crippen molar-refractivity contribution in [3.05, 3.63) is 144 Å². The molecule has 0 aliphatic rings. The van der Waals surface area contributed by atoms with E-state index in [0.29, 0.717) is 0 Å². The molecule has 0 unspecified atom stereocenters. The highest BCUT2D eigenvalue weighted by Crippen LogP contribution is 2.33. The predicted molar refractivity (Wildman–Crippen MR) is 134 cm³/mol. The highest BCUT2D eigenvalue weighted by molar-refractivity contribution is 5.30. The Balaban J connectivity index is 1.70. The minimum atomic E-state index is 0.0972. The average Bonchev–Trinajstić information content (AvgIpc) is 2.88. The molecule has 0 fully saturated rings. The molecule has 4 rings (SSSR count). The molecule has 0 radical (unpaired) electrons. The van der Waals surface area contributed by atoms with Gasteiger partial charge >= 0.3 is 0 Å². The molecule has 0 saturated carbocycles. The molecule has 0 heterocycles. The molecular weight excluding hydrogens is 388 g/mol. The van der Waals surface area contributed by atoms with Crippen LogP contribution in [0.5, 0.6) is 0 Å². The van der Waals surface area contributed by atoms with Crippen LogP contribution in [-0.2, 0) is 0 Å². The van der Waals surface area contributed by atoms with E-state index in [2.05, 4.69) is 146 Å². The van der Waals surface area contributed by atoms with Gasteiger partial charge in [-0.25, -0.2) is 0 Å². The zero-order valence-electron chi connectivity index (χ0n) is 18.9. The van der Waals surface area contributed by atoms with Crippen LogP contribution in [0.25, 0.3) is 0 Å². The van der Waals surface area contributed by atoms with E-state index in [1.165, 1.54) is 22.3 Å². The van der Waals surface area contributed by atoms with E-state index in [1.807, 2.05) is 0 Å². The Hall–Kier alpha value is -3.20. The molecule has 0 aromatic heterocycles. The largest absolute Gasteiger partial charge is 0.302 e. The molecule has 0 saturated heterocycles. The number of hydrogen-bond donors (Lipinski definition) is 2. The highest BCUT2D eigenvalue weighted by atomic mass is 15.1. The minimum Gasteiger partial charge on any atom is -0.302 e. The zero-order valence-corrected chi connectivity index (χ0v) is 18.9. The van der Waals surface area contributed by atoms with Gasteiger partial charge in [0.05, 0.1) is 12.1 Å². The van der Waals surface area contributed by atoms with Crippen molar-refractivity contribution in [1.29, 1.82) is 0 Å². The Morgan fingerprint density at radius 1 is 0.375 bits per heavy atom. The summed E-state index contributed by atoms with van der Waals surface area (Å²) in [6.45, 7) is 4.49. The van der Waals surface area contributed by atoms with E-state index >= 15 is 0 Å². The van der Waals surface area contributed by atoms with Gasteiger partial charge in [-0.3, -0.25) is 0 Å². The Morgan fingerprint density at radius 3 is 0.906 bits per heavy atom. The van der Waals surface area contributed by atoms with E-state index in [-0.39, 0.29) is 24.2 Å². The third-order valence-corrected chi connectivity index (χ3v) is 6.11. The Morgan fingerprint density at radius 2 is 0.625 bits per heavy atom. The first-order chi connectivity index (χ1) is 15.7. The summed E-state index contributed by atoms with van der Waals surface area (Å²) >= 11 is 0. The molecule has 32 heavy (non-hydrogen) atoms. The molecule has 0 aliphatic carbocycles. The van der Waals surface area contributed by atoms with Crippen LogP contribution in [0.15, 0.2) is 121 Å². The van der Waals surface area contributed by atoms with Gasteiger partial charge in [-0.15, -0.1) is 0 Å². The fourth-order valence-corrected chi connectivity index (χ4v) is 4.31. The molecule has 2 heteroatoms. The maximum Gasteiger partial charge on any atom is 0.0523 e. The summed E-state index contributed by atoms with van der Waals surface area (Å²) in [4.78, 5) is 0. The Kier molecular flexibility index (Phi) is 7.50. The van der Waals surface area contributed by atoms with Crippen molar-refractivity contribution in [2.45, 2.75) is 38.0 Å². The molecule has 2 nitrogen and oxygen atoms in total. The third kappa shape index (κ3) is 5.53. The summed E-state index contributed by atoms with van der Waals surface area (Å²) < 4.78 is 0. The van der Waals surface area contributed by atoms with Crippen LogP contribution in [0.4, 0.5) is 0 Å². The van der Waals surface area contributed by atoms with Crippen molar-refractivity contribution in [3.63, 3.8) is 0 Å². The summed E-state index contributed by atoms with van der Waals surface area (Å²) in [5.41, 5.74) is 5.13. The topological polar surface area (TPSA) is 24.1 Å². The van der Waals surface area contributed by atoms with E-state index in [0.717, 1.165) is 0 Å². The Labute approximate surface area is 192 Å². The number of nitrogens with one attached hydrogen (secondary N) is 2. The van der Waals surface area contributed by atoms with Gasteiger partial charge in [0.25, 0.3) is 0 Å². The number of rotatable bonds is 9. The van der Waals surface area contributed by atoms with Crippen molar-refractivity contribution in [2.75, 3.05) is 0 Å². The van der Waals surface area contributed by atoms with E-state index in [9.17, 15) is 0 Å². The van der Waals surface area contributed by atoms with Crippen molar-refractivity contribution in [2.24, 2.45) is 0 Å². The molecule has 4 aromatic rings. The SMILES string of the molecule is C[C@@H](N[C@H](c1ccccc1)[C@H](N[C@H](C)c1ccccc1)c1ccccc1)c1ccccc1. The standard InChI is InChI=1S/C30H32N2/c1-23(25-15-7-3-8-16-25)31-29(27-19-11-5-12-20-27)30(28-21-13-6-14-22-28)32-24(2)26-17-9-4-10-18-26/h3-24,29-32H,1-2H3/t23-,24-,29-,30-/m1/s1. The smallest absolute Gasteiger partial charge is 0.0523 e. The third-order valence-electron chi connectivity index (χ3n) is 6.11. The molecule has 0 spiro atoms. The summed E-state index contributed by atoms with van der Waals surface area (Å²) in [5, 5.41) is 7.88. The summed E-state index contributed by atoms with van der Waals surface area (Å²) in [7, 11) is 0. The second-order valence-corrected chi connectivity index (χ2v) is 8.37. The van der Waals surface area contributed by atoms with Gasteiger partial charge in [-0.1, -0.05) is 121 Å². The van der Waals surface area contributed by atoms with Crippen LogP contribution in [0, 0.1) is 0 Å². The second-order valence-electron chi connectivity index (χ2n) is 8.37. The van der Waals surface area contributed by atoms with Gasteiger partial charge in [0.2, 0.25) is 0 Å². The zero-order chi connectivity index (χ0) is 22.2. The normalized spacial score (nSPS) is 14.9. The van der Waals surface area contributed by atoms with Crippen LogP contribution in [0.2, 0.25) is 0 Å². The molecule has 0 amide bonds. The maximum absolute atomic E-state index is 3.94. The van der Waals surface area contributed by atoms with Gasteiger partial charge in [0.1, 0.15) is 0 Å². The minimum absolute atomic E-state index is 0.0972. The molecule has 2 N–H and O–H groups in total. The molecule has 4 atom stereocenters. The van der Waals surface area contributed by atoms with Gasteiger partial charge in [0, 0.05) is 12.1 Å². The van der Waals surface area contributed by atoms with Gasteiger partial charge in [-0.2, -0.15) is 0 Å². The summed E-state index contributed by atoms with van der Waals surface area (Å²) in [6, 6.07) is 43.5. The van der Waals surface area contributed by atoms with Gasteiger partial charge in [-0.05, 0) is 36.1 Å². The lowest BCUT2D eigenvalue weighted by atomic mass is 9.90. The van der Waals surface area contributed by atoms with Crippen molar-refractivity contribution < 1.29 is 0 Å². The quantitative estimate of drug-likeness (QED) is 0.300. The first-order valence-corrected chi connectivity index (χ1v) is 11.4. The fraction of sp³-hybridized carbons (Fsp3) is 0.200. The van der Waals surface area contributed by atoms with Crippen LogP contribution in [0.1, 0.15) is 60.3 Å². The summed E-state index contributed by atoms with van der Waals surface area (Å²) in [5.74, 6) is 0. The lowest BCUT2D eigenvalue weighted by Crippen LogP contribution is -2.37. The van der Waals surface area contributed by atoms with Gasteiger partial charge < -0.3 is 10.6 Å². The predicted octanol–water partition coefficient (Wildman–Crippen LogP) is 7.17. The average molecular weight is 421 g/mol. The molecular formula is C30H32N2. The monoisotopic (exact) mass is 420 g/mol. The fourth-order valence-electron chi connectivity index (χ4n) is 4.31. The van der Waals surface area contributed by atoms with Gasteiger partial charge in [0.15, 0.2) is 0 Å². The van der Waals surface area contributed by atoms with Crippen molar-refractivity contribution in [1.82, 2.24) is 10.6 Å². The van der Waals surface area contributed by atoms with Crippen LogP contribution in [-0.4, -0.2) is 0 Å². The first-order valence-electron chi connectivity index (χ1n) is 11.4. The molecule has 0 bridgehead atoms.